The van der Waals surface area contributed by atoms with Crippen LogP contribution in [0.1, 0.15) is 13.8 Å². The average Bonchev–Trinajstić information content (AvgIpc) is 2.20. The fraction of sp³-hybridized carbons (Fsp3) is 0.364. The lowest BCUT2D eigenvalue weighted by molar-refractivity contribution is -0.149. The largest absolute Gasteiger partial charge is 0.481 e. The van der Waals surface area contributed by atoms with Crippen molar-refractivity contribution in [2.45, 2.75) is 20.0 Å². The summed E-state index contributed by atoms with van der Waals surface area (Å²) in [5, 5.41) is -0.0195. The van der Waals surface area contributed by atoms with E-state index in [4.69, 9.17) is 21.1 Å². The molecule has 0 atom stereocenters. The summed E-state index contributed by atoms with van der Waals surface area (Å²) in [6, 6.07) is 2.47. The first-order valence-electron chi connectivity index (χ1n) is 4.87. The van der Waals surface area contributed by atoms with Gasteiger partial charge in [0.05, 0.1) is 15.6 Å². The first-order chi connectivity index (χ1) is 7.90. The molecule has 0 amide bonds. The smallest absolute Gasteiger partial charge is 0.344 e. The van der Waals surface area contributed by atoms with Crippen molar-refractivity contribution in [2.75, 3.05) is 6.61 Å². The maximum Gasteiger partial charge on any atom is 0.344 e. The Balaban J connectivity index is 2.63. The van der Waals surface area contributed by atoms with E-state index in [1.807, 2.05) is 0 Å². The second-order valence-electron chi connectivity index (χ2n) is 3.52. The molecule has 0 heterocycles. The summed E-state index contributed by atoms with van der Waals surface area (Å²) in [5.41, 5.74) is 0. The van der Waals surface area contributed by atoms with Crippen LogP contribution in [0.4, 0.5) is 4.39 Å². The Kier molecular flexibility index (Phi) is 5.21. The van der Waals surface area contributed by atoms with Crippen LogP contribution in [0.2, 0.25) is 5.02 Å². The molecule has 1 rings (SSSR count). The summed E-state index contributed by atoms with van der Waals surface area (Å²) in [6.07, 6.45) is -0.212. The molecule has 0 aromatic heterocycles. The lowest BCUT2D eigenvalue weighted by atomic mass is 10.3. The van der Waals surface area contributed by atoms with Gasteiger partial charge in [-0.2, -0.15) is 0 Å². The molecule has 0 N–H and O–H groups in total. The molecule has 0 radical (unpaired) electrons. The van der Waals surface area contributed by atoms with Gasteiger partial charge in [-0.1, -0.05) is 11.6 Å². The minimum Gasteiger partial charge on any atom is -0.481 e. The van der Waals surface area contributed by atoms with Crippen LogP contribution >= 0.6 is 27.5 Å². The molecule has 0 spiro atoms. The number of carbonyl (C=O) groups is 1. The van der Waals surface area contributed by atoms with Crippen molar-refractivity contribution in [3.8, 4) is 5.75 Å². The van der Waals surface area contributed by atoms with Crippen molar-refractivity contribution in [3.63, 3.8) is 0 Å². The standard InChI is InChI=1S/C11H11BrClFO3/c1-6(2)17-11(15)5-16-10-4-9(14)8(13)3-7(10)12/h3-4,6H,5H2,1-2H3. The molecule has 0 aliphatic carbocycles. The molecule has 17 heavy (non-hydrogen) atoms. The Morgan fingerprint density at radius 1 is 1.53 bits per heavy atom. The Morgan fingerprint density at radius 3 is 2.76 bits per heavy atom. The molecule has 1 aromatic carbocycles. The van der Waals surface area contributed by atoms with Gasteiger partial charge < -0.3 is 9.47 Å². The van der Waals surface area contributed by atoms with Crippen molar-refractivity contribution in [1.29, 1.82) is 0 Å². The van der Waals surface area contributed by atoms with Crippen LogP contribution in [0.15, 0.2) is 16.6 Å². The van der Waals surface area contributed by atoms with Crippen molar-refractivity contribution in [3.05, 3.63) is 27.4 Å². The first kappa shape index (κ1) is 14.3. The van der Waals surface area contributed by atoms with Gasteiger partial charge in [-0.3, -0.25) is 0 Å². The van der Waals surface area contributed by atoms with E-state index in [-0.39, 0.29) is 23.5 Å². The highest BCUT2D eigenvalue weighted by Gasteiger charge is 2.11. The number of hydrogen-bond acceptors (Lipinski definition) is 3. The normalized spacial score (nSPS) is 10.5. The van der Waals surface area contributed by atoms with E-state index in [0.29, 0.717) is 4.47 Å². The van der Waals surface area contributed by atoms with Gasteiger partial charge in [-0.05, 0) is 35.8 Å². The van der Waals surface area contributed by atoms with Crippen LogP contribution in [0.5, 0.6) is 5.75 Å². The Bertz CT molecular complexity index is 423. The second kappa shape index (κ2) is 6.21. The molecule has 0 aliphatic rings. The molecule has 0 bridgehead atoms. The number of ether oxygens (including phenoxy) is 2. The van der Waals surface area contributed by atoms with Crippen LogP contribution in [0, 0.1) is 5.82 Å². The van der Waals surface area contributed by atoms with Gasteiger partial charge in [-0.25, -0.2) is 9.18 Å². The highest BCUT2D eigenvalue weighted by Crippen LogP contribution is 2.30. The van der Waals surface area contributed by atoms with Gasteiger partial charge in [0.15, 0.2) is 6.61 Å². The Labute approximate surface area is 112 Å². The second-order valence-corrected chi connectivity index (χ2v) is 4.79. The summed E-state index contributed by atoms with van der Waals surface area (Å²) < 4.78 is 23.6. The molecule has 0 saturated heterocycles. The summed E-state index contributed by atoms with van der Waals surface area (Å²) >= 11 is 8.72. The average molecular weight is 326 g/mol. The molecule has 6 heteroatoms. The highest BCUT2D eigenvalue weighted by atomic mass is 79.9. The monoisotopic (exact) mass is 324 g/mol. The zero-order chi connectivity index (χ0) is 13.0. The highest BCUT2D eigenvalue weighted by molar-refractivity contribution is 9.10. The zero-order valence-corrected chi connectivity index (χ0v) is 11.6. The van der Waals surface area contributed by atoms with Crippen molar-refractivity contribution in [2.24, 2.45) is 0 Å². The van der Waals surface area contributed by atoms with Gasteiger partial charge in [0, 0.05) is 6.07 Å². The van der Waals surface area contributed by atoms with Crippen LogP contribution in [0.3, 0.4) is 0 Å². The molecule has 1 aromatic rings. The number of rotatable bonds is 4. The van der Waals surface area contributed by atoms with Gasteiger partial charge in [0.2, 0.25) is 0 Å². The van der Waals surface area contributed by atoms with Crippen LogP contribution in [-0.2, 0) is 9.53 Å². The van der Waals surface area contributed by atoms with E-state index in [0.717, 1.165) is 6.07 Å². The summed E-state index contributed by atoms with van der Waals surface area (Å²) in [6.45, 7) is 3.18. The van der Waals surface area contributed by atoms with Crippen molar-refractivity contribution >= 4 is 33.5 Å². The molecule has 0 fully saturated rings. The van der Waals surface area contributed by atoms with Crippen molar-refractivity contribution < 1.29 is 18.7 Å². The molecule has 0 unspecified atom stereocenters. The molecule has 0 aliphatic heterocycles. The van der Waals surface area contributed by atoms with E-state index in [9.17, 15) is 9.18 Å². The number of carbonyl (C=O) groups excluding carboxylic acids is 1. The SMILES string of the molecule is CC(C)OC(=O)COc1cc(F)c(Cl)cc1Br. The van der Waals surface area contributed by atoms with E-state index >= 15 is 0 Å². The van der Waals surface area contributed by atoms with E-state index in [1.54, 1.807) is 13.8 Å². The number of hydrogen-bond donors (Lipinski definition) is 0. The van der Waals surface area contributed by atoms with Crippen molar-refractivity contribution in [1.82, 2.24) is 0 Å². The molecule has 3 nitrogen and oxygen atoms in total. The zero-order valence-electron chi connectivity index (χ0n) is 9.30. The number of esters is 1. The fourth-order valence-electron chi connectivity index (χ4n) is 1.05. The third-order valence-electron chi connectivity index (χ3n) is 1.69. The van der Waals surface area contributed by atoms with Crippen LogP contribution in [-0.4, -0.2) is 18.7 Å². The molecule has 0 saturated carbocycles. The third kappa shape index (κ3) is 4.52. The molecular weight excluding hydrogens is 314 g/mol. The van der Waals surface area contributed by atoms with Gasteiger partial charge in [0.25, 0.3) is 0 Å². The van der Waals surface area contributed by atoms with Gasteiger partial charge in [0.1, 0.15) is 11.6 Å². The first-order valence-corrected chi connectivity index (χ1v) is 6.04. The van der Waals surface area contributed by atoms with E-state index < -0.39 is 11.8 Å². The fourth-order valence-corrected chi connectivity index (χ4v) is 1.80. The maximum atomic E-state index is 13.1. The summed E-state index contributed by atoms with van der Waals surface area (Å²) in [4.78, 5) is 11.2. The van der Waals surface area contributed by atoms with E-state index in [2.05, 4.69) is 15.9 Å². The number of benzene rings is 1. The summed E-state index contributed by atoms with van der Waals surface area (Å²) in [5.74, 6) is -0.919. The minimum absolute atomic E-state index is 0.0195. The topological polar surface area (TPSA) is 35.5 Å². The predicted molar refractivity (Wildman–Crippen MR) is 65.8 cm³/mol. The molecule has 94 valence electrons. The lowest BCUT2D eigenvalue weighted by Crippen LogP contribution is -2.18. The minimum atomic E-state index is -0.609. The van der Waals surface area contributed by atoms with Gasteiger partial charge in [-0.15, -0.1) is 0 Å². The van der Waals surface area contributed by atoms with E-state index in [1.165, 1.54) is 6.07 Å². The lowest BCUT2D eigenvalue weighted by Gasteiger charge is -2.10. The van der Waals surface area contributed by atoms with Gasteiger partial charge >= 0.3 is 5.97 Å². The number of halogens is 3. The predicted octanol–water partition coefficient (Wildman–Crippen LogP) is 3.57. The van der Waals surface area contributed by atoms with Crippen LogP contribution in [0.25, 0.3) is 0 Å². The maximum absolute atomic E-state index is 13.1. The molecular formula is C11H11BrClFO3. The van der Waals surface area contributed by atoms with Crippen LogP contribution < -0.4 is 4.74 Å². The quantitative estimate of drug-likeness (QED) is 0.627. The summed E-state index contributed by atoms with van der Waals surface area (Å²) in [7, 11) is 0. The Hall–Kier alpha value is -0.810. The third-order valence-corrected chi connectivity index (χ3v) is 2.60. The Morgan fingerprint density at radius 2 is 2.18 bits per heavy atom.